The number of amides is 1. The zero-order chi connectivity index (χ0) is 15.6. The fraction of sp³-hybridized carbons (Fsp3) is 0.462. The maximum atomic E-state index is 13.4. The lowest BCUT2D eigenvalue weighted by Gasteiger charge is -2.17. The van der Waals surface area contributed by atoms with Crippen molar-refractivity contribution in [1.82, 2.24) is 9.62 Å². The number of nitrogens with one attached hydrogen (secondary N) is 1. The Balaban J connectivity index is 2.21. The number of sulfonamides is 1. The first-order chi connectivity index (χ1) is 9.84. The number of nitrogens with zero attached hydrogens (tertiary/aromatic N) is 1. The molecule has 0 spiro atoms. The molecular formula is C13H18FN3O3S. The van der Waals surface area contributed by atoms with Gasteiger partial charge >= 0.3 is 0 Å². The molecule has 0 saturated carbocycles. The summed E-state index contributed by atoms with van der Waals surface area (Å²) in [4.78, 5) is 11.0. The minimum Gasteiger partial charge on any atom is -0.352 e. The molecule has 1 fully saturated rings. The molecule has 0 radical (unpaired) electrons. The summed E-state index contributed by atoms with van der Waals surface area (Å²) in [5.41, 5.74) is 5.56. The van der Waals surface area contributed by atoms with Crippen molar-refractivity contribution in [3.8, 4) is 0 Å². The molecule has 1 saturated heterocycles. The van der Waals surface area contributed by atoms with Crippen molar-refractivity contribution in [1.29, 1.82) is 0 Å². The standard InChI is InChI=1S/C13H18FN3O3S/c1-9(18)16-11-4-5-17(8-11)21(19,20)12-2-3-13(14)10(6-12)7-15/h2-3,6,11H,4-5,7-8,15H2,1H3,(H,16,18). The number of nitrogens with two attached hydrogens (primary N) is 1. The first-order valence-corrected chi connectivity index (χ1v) is 8.04. The van der Waals surface area contributed by atoms with Crippen LogP contribution in [0.2, 0.25) is 0 Å². The van der Waals surface area contributed by atoms with E-state index in [1.165, 1.54) is 23.4 Å². The van der Waals surface area contributed by atoms with Gasteiger partial charge in [-0.05, 0) is 24.6 Å². The second kappa shape index (κ2) is 6.08. The largest absolute Gasteiger partial charge is 0.352 e. The van der Waals surface area contributed by atoms with Gasteiger partial charge in [0.25, 0.3) is 0 Å². The second-order valence-corrected chi connectivity index (χ2v) is 6.94. The van der Waals surface area contributed by atoms with Crippen molar-refractivity contribution < 1.29 is 17.6 Å². The van der Waals surface area contributed by atoms with Gasteiger partial charge in [-0.1, -0.05) is 0 Å². The highest BCUT2D eigenvalue weighted by molar-refractivity contribution is 7.89. The first-order valence-electron chi connectivity index (χ1n) is 6.60. The van der Waals surface area contributed by atoms with Crippen LogP contribution >= 0.6 is 0 Å². The monoisotopic (exact) mass is 315 g/mol. The minimum atomic E-state index is -3.70. The van der Waals surface area contributed by atoms with Crippen molar-refractivity contribution in [3.05, 3.63) is 29.6 Å². The highest BCUT2D eigenvalue weighted by Gasteiger charge is 2.33. The van der Waals surface area contributed by atoms with Crippen LogP contribution in [0.15, 0.2) is 23.1 Å². The summed E-state index contributed by atoms with van der Waals surface area (Å²) in [5, 5.41) is 2.70. The molecule has 1 heterocycles. The fourth-order valence-corrected chi connectivity index (χ4v) is 3.92. The Morgan fingerprint density at radius 3 is 2.86 bits per heavy atom. The Morgan fingerprint density at radius 1 is 1.52 bits per heavy atom. The Bertz CT molecular complexity index is 648. The average molecular weight is 315 g/mol. The van der Waals surface area contributed by atoms with Crippen LogP contribution in [0.3, 0.4) is 0 Å². The summed E-state index contributed by atoms with van der Waals surface area (Å²) >= 11 is 0. The van der Waals surface area contributed by atoms with E-state index in [-0.39, 0.29) is 35.5 Å². The fourth-order valence-electron chi connectivity index (χ4n) is 2.37. The van der Waals surface area contributed by atoms with Gasteiger partial charge in [0.15, 0.2) is 0 Å². The summed E-state index contributed by atoms with van der Waals surface area (Å²) in [6.45, 7) is 1.87. The van der Waals surface area contributed by atoms with E-state index in [0.717, 1.165) is 6.07 Å². The molecule has 116 valence electrons. The smallest absolute Gasteiger partial charge is 0.243 e. The summed E-state index contributed by atoms with van der Waals surface area (Å²) in [6, 6.07) is 3.41. The zero-order valence-corrected chi connectivity index (χ0v) is 12.5. The van der Waals surface area contributed by atoms with Crippen molar-refractivity contribution in [2.45, 2.75) is 30.8 Å². The predicted molar refractivity (Wildman–Crippen MR) is 75.3 cm³/mol. The summed E-state index contributed by atoms with van der Waals surface area (Å²) in [7, 11) is -3.70. The number of carbonyl (C=O) groups excluding carboxylic acids is 1. The van der Waals surface area contributed by atoms with E-state index >= 15 is 0 Å². The number of hydrogen-bond acceptors (Lipinski definition) is 4. The molecule has 21 heavy (non-hydrogen) atoms. The van der Waals surface area contributed by atoms with E-state index < -0.39 is 15.8 Å². The molecule has 1 unspecified atom stereocenters. The molecular weight excluding hydrogens is 297 g/mol. The normalized spacial score (nSPS) is 19.7. The van der Waals surface area contributed by atoms with Gasteiger partial charge < -0.3 is 11.1 Å². The Kier molecular flexibility index (Phi) is 4.60. The van der Waals surface area contributed by atoms with Gasteiger partial charge in [0, 0.05) is 38.2 Å². The zero-order valence-electron chi connectivity index (χ0n) is 11.7. The summed E-state index contributed by atoms with van der Waals surface area (Å²) in [6.07, 6.45) is 0.559. The molecule has 1 aromatic rings. The lowest BCUT2D eigenvalue weighted by atomic mass is 10.2. The van der Waals surface area contributed by atoms with Gasteiger partial charge in [0.05, 0.1) is 4.90 Å². The number of rotatable bonds is 4. The maximum Gasteiger partial charge on any atom is 0.243 e. The Labute approximate surface area is 123 Å². The molecule has 3 N–H and O–H groups in total. The van der Waals surface area contributed by atoms with Crippen molar-refractivity contribution in [2.75, 3.05) is 13.1 Å². The Hall–Kier alpha value is -1.51. The summed E-state index contributed by atoms with van der Waals surface area (Å²) in [5.74, 6) is -0.708. The van der Waals surface area contributed by atoms with Crippen LogP contribution in [0.25, 0.3) is 0 Å². The number of halogens is 1. The van der Waals surface area contributed by atoms with Crippen LogP contribution in [-0.2, 0) is 21.4 Å². The third-order valence-electron chi connectivity index (χ3n) is 3.43. The van der Waals surface area contributed by atoms with Gasteiger partial charge in [0.2, 0.25) is 15.9 Å². The quantitative estimate of drug-likeness (QED) is 0.829. The topological polar surface area (TPSA) is 92.5 Å². The first kappa shape index (κ1) is 15.9. The lowest BCUT2D eigenvalue weighted by Crippen LogP contribution is -2.37. The molecule has 1 aliphatic rings. The number of carbonyl (C=O) groups is 1. The van der Waals surface area contributed by atoms with Gasteiger partial charge in [-0.25, -0.2) is 12.8 Å². The average Bonchev–Trinajstić information content (AvgIpc) is 2.87. The molecule has 1 aliphatic heterocycles. The highest BCUT2D eigenvalue weighted by Crippen LogP contribution is 2.23. The molecule has 1 atom stereocenters. The lowest BCUT2D eigenvalue weighted by molar-refractivity contribution is -0.119. The molecule has 0 aliphatic carbocycles. The van der Waals surface area contributed by atoms with E-state index in [1.807, 2.05) is 0 Å². The van der Waals surface area contributed by atoms with Crippen LogP contribution in [0.5, 0.6) is 0 Å². The van der Waals surface area contributed by atoms with Crippen LogP contribution in [0.4, 0.5) is 4.39 Å². The van der Waals surface area contributed by atoms with Crippen LogP contribution in [0, 0.1) is 5.82 Å². The molecule has 6 nitrogen and oxygen atoms in total. The second-order valence-electron chi connectivity index (χ2n) is 5.01. The maximum absolute atomic E-state index is 13.4. The molecule has 8 heteroatoms. The van der Waals surface area contributed by atoms with Crippen LogP contribution in [-0.4, -0.2) is 37.8 Å². The van der Waals surface area contributed by atoms with Crippen LogP contribution in [0.1, 0.15) is 18.9 Å². The minimum absolute atomic E-state index is 0.0211. The molecule has 1 amide bonds. The van der Waals surface area contributed by atoms with Gasteiger partial charge in [-0.3, -0.25) is 4.79 Å². The van der Waals surface area contributed by atoms with Crippen molar-refractivity contribution in [2.24, 2.45) is 5.73 Å². The van der Waals surface area contributed by atoms with E-state index in [0.29, 0.717) is 13.0 Å². The van der Waals surface area contributed by atoms with E-state index in [9.17, 15) is 17.6 Å². The van der Waals surface area contributed by atoms with Crippen LogP contribution < -0.4 is 11.1 Å². The number of hydrogen-bond donors (Lipinski definition) is 2. The molecule has 0 aromatic heterocycles. The van der Waals surface area contributed by atoms with Gasteiger partial charge in [-0.15, -0.1) is 0 Å². The van der Waals surface area contributed by atoms with Gasteiger partial charge in [0.1, 0.15) is 5.82 Å². The Morgan fingerprint density at radius 2 is 2.24 bits per heavy atom. The van der Waals surface area contributed by atoms with Crippen molar-refractivity contribution >= 4 is 15.9 Å². The number of benzene rings is 1. The molecule has 1 aromatic carbocycles. The van der Waals surface area contributed by atoms with Gasteiger partial charge in [-0.2, -0.15) is 4.31 Å². The SMILES string of the molecule is CC(=O)NC1CCN(S(=O)(=O)c2ccc(F)c(CN)c2)C1. The van der Waals surface area contributed by atoms with Crippen molar-refractivity contribution in [3.63, 3.8) is 0 Å². The summed E-state index contributed by atoms with van der Waals surface area (Å²) < 4.78 is 39.7. The van der Waals surface area contributed by atoms with E-state index in [2.05, 4.69) is 5.32 Å². The van der Waals surface area contributed by atoms with E-state index in [1.54, 1.807) is 0 Å². The third-order valence-corrected chi connectivity index (χ3v) is 5.29. The molecule has 0 bridgehead atoms. The third kappa shape index (κ3) is 3.39. The molecule has 2 rings (SSSR count). The van der Waals surface area contributed by atoms with E-state index in [4.69, 9.17) is 5.73 Å². The highest BCUT2D eigenvalue weighted by atomic mass is 32.2. The predicted octanol–water partition coefficient (Wildman–Crippen LogP) is 0.184.